The smallest absolute Gasteiger partial charge is 0.0991 e. The molecule has 0 amide bonds. The van der Waals surface area contributed by atoms with Crippen LogP contribution in [0.1, 0.15) is 16.7 Å². The molecule has 20 heavy (non-hydrogen) atoms. The van der Waals surface area contributed by atoms with Gasteiger partial charge in [-0.2, -0.15) is 5.26 Å². The van der Waals surface area contributed by atoms with Gasteiger partial charge in [0.1, 0.15) is 0 Å². The van der Waals surface area contributed by atoms with Crippen LogP contribution in [-0.2, 0) is 6.54 Å². The average Bonchev–Trinajstić information content (AvgIpc) is 2.42. The summed E-state index contributed by atoms with van der Waals surface area (Å²) in [6.07, 6.45) is 0. The van der Waals surface area contributed by atoms with Crippen molar-refractivity contribution in [3.63, 3.8) is 0 Å². The van der Waals surface area contributed by atoms with E-state index in [1.165, 1.54) is 0 Å². The van der Waals surface area contributed by atoms with Gasteiger partial charge < -0.3 is 5.32 Å². The van der Waals surface area contributed by atoms with Crippen molar-refractivity contribution in [2.24, 2.45) is 0 Å². The lowest BCUT2D eigenvalue weighted by Crippen LogP contribution is -2.02. The normalized spacial score (nSPS) is 10.2. The summed E-state index contributed by atoms with van der Waals surface area (Å²) in [6.45, 7) is 2.56. The van der Waals surface area contributed by atoms with Crippen molar-refractivity contribution < 1.29 is 0 Å². The van der Waals surface area contributed by atoms with Gasteiger partial charge >= 0.3 is 0 Å². The van der Waals surface area contributed by atoms with Crippen LogP contribution < -0.4 is 5.32 Å². The van der Waals surface area contributed by atoms with Gasteiger partial charge in [-0.3, -0.25) is 0 Å². The molecule has 0 spiro atoms. The van der Waals surface area contributed by atoms with Crippen LogP contribution in [0.5, 0.6) is 0 Å². The van der Waals surface area contributed by atoms with E-state index in [4.69, 9.17) is 40.1 Å². The van der Waals surface area contributed by atoms with Crippen molar-refractivity contribution in [2.45, 2.75) is 13.5 Å². The van der Waals surface area contributed by atoms with Crippen LogP contribution in [0.2, 0.25) is 15.1 Å². The van der Waals surface area contributed by atoms with Crippen molar-refractivity contribution >= 4 is 40.5 Å². The SMILES string of the molecule is Cc1cc(C#N)ccc1CNc1cc(Cl)c(Cl)cc1Cl. The number of benzene rings is 2. The van der Waals surface area contributed by atoms with Gasteiger partial charge in [-0.05, 0) is 42.3 Å². The number of halogens is 3. The van der Waals surface area contributed by atoms with Crippen LogP contribution in [0, 0.1) is 18.3 Å². The number of anilines is 1. The Morgan fingerprint density at radius 2 is 1.75 bits per heavy atom. The molecule has 2 nitrogen and oxygen atoms in total. The number of nitrogens with one attached hydrogen (secondary N) is 1. The fourth-order valence-corrected chi connectivity index (χ4v) is 2.43. The summed E-state index contributed by atoms with van der Waals surface area (Å²) >= 11 is 18.0. The molecule has 0 aromatic heterocycles. The van der Waals surface area contributed by atoms with Crippen molar-refractivity contribution in [3.05, 3.63) is 62.1 Å². The largest absolute Gasteiger partial charge is 0.380 e. The van der Waals surface area contributed by atoms with Crippen molar-refractivity contribution in [1.82, 2.24) is 0 Å². The van der Waals surface area contributed by atoms with Gasteiger partial charge in [-0.1, -0.05) is 40.9 Å². The van der Waals surface area contributed by atoms with Gasteiger partial charge in [-0.25, -0.2) is 0 Å². The zero-order valence-electron chi connectivity index (χ0n) is 10.7. The molecule has 2 aromatic carbocycles. The number of rotatable bonds is 3. The zero-order valence-corrected chi connectivity index (χ0v) is 12.9. The van der Waals surface area contributed by atoms with E-state index in [0.29, 0.717) is 27.2 Å². The van der Waals surface area contributed by atoms with Crippen LogP contribution in [0.15, 0.2) is 30.3 Å². The molecule has 2 rings (SSSR count). The van der Waals surface area contributed by atoms with Gasteiger partial charge in [0.05, 0.1) is 32.4 Å². The first-order chi connectivity index (χ1) is 9.51. The number of aryl methyl sites for hydroxylation is 1. The molecule has 0 fully saturated rings. The molecule has 0 heterocycles. The molecule has 0 saturated carbocycles. The number of hydrogen-bond acceptors (Lipinski definition) is 2. The first kappa shape index (κ1) is 15.0. The lowest BCUT2D eigenvalue weighted by atomic mass is 10.1. The standard InChI is InChI=1S/C15H11Cl3N2/c1-9-4-10(7-19)2-3-11(9)8-20-15-6-13(17)12(16)5-14(15)18/h2-6,20H,8H2,1H3. The monoisotopic (exact) mass is 324 g/mol. The van der Waals surface area contributed by atoms with Crippen LogP contribution in [0.4, 0.5) is 5.69 Å². The average molecular weight is 326 g/mol. The molecule has 0 radical (unpaired) electrons. The molecule has 0 aliphatic carbocycles. The van der Waals surface area contributed by atoms with E-state index in [2.05, 4.69) is 11.4 Å². The molecule has 0 bridgehead atoms. The number of nitriles is 1. The summed E-state index contributed by atoms with van der Waals surface area (Å²) in [6, 6.07) is 11.0. The fourth-order valence-electron chi connectivity index (χ4n) is 1.81. The topological polar surface area (TPSA) is 35.8 Å². The second kappa shape index (κ2) is 6.37. The van der Waals surface area contributed by atoms with E-state index >= 15 is 0 Å². The summed E-state index contributed by atoms with van der Waals surface area (Å²) in [5.41, 5.74) is 3.52. The van der Waals surface area contributed by atoms with Crippen LogP contribution >= 0.6 is 34.8 Å². The maximum Gasteiger partial charge on any atom is 0.0991 e. The van der Waals surface area contributed by atoms with Crippen LogP contribution in [-0.4, -0.2) is 0 Å². The Labute approximate surface area is 132 Å². The number of hydrogen-bond donors (Lipinski definition) is 1. The summed E-state index contributed by atoms with van der Waals surface area (Å²) in [5, 5.41) is 13.5. The van der Waals surface area contributed by atoms with Gasteiger partial charge in [-0.15, -0.1) is 0 Å². The summed E-state index contributed by atoms with van der Waals surface area (Å²) in [5.74, 6) is 0. The Morgan fingerprint density at radius 1 is 1.05 bits per heavy atom. The van der Waals surface area contributed by atoms with Crippen LogP contribution in [0.3, 0.4) is 0 Å². The Balaban J connectivity index is 2.17. The third kappa shape index (κ3) is 3.37. The first-order valence-electron chi connectivity index (χ1n) is 5.89. The van der Waals surface area contributed by atoms with E-state index in [9.17, 15) is 0 Å². The highest BCUT2D eigenvalue weighted by Crippen LogP contribution is 2.32. The van der Waals surface area contributed by atoms with E-state index in [1.54, 1.807) is 18.2 Å². The molecule has 102 valence electrons. The predicted molar refractivity (Wildman–Crippen MR) is 84.7 cm³/mol. The Kier molecular flexibility index (Phi) is 4.77. The minimum absolute atomic E-state index is 0.428. The molecule has 1 N–H and O–H groups in total. The lowest BCUT2D eigenvalue weighted by Gasteiger charge is -2.11. The maximum atomic E-state index is 8.84. The van der Waals surface area contributed by atoms with E-state index < -0.39 is 0 Å². The quantitative estimate of drug-likeness (QED) is 0.763. The molecule has 5 heteroatoms. The molecule has 0 aliphatic rings. The molecule has 0 atom stereocenters. The molecular weight excluding hydrogens is 315 g/mol. The third-order valence-corrected chi connectivity index (χ3v) is 3.99. The van der Waals surface area contributed by atoms with Gasteiger partial charge in [0, 0.05) is 6.54 Å². The highest BCUT2D eigenvalue weighted by atomic mass is 35.5. The van der Waals surface area contributed by atoms with E-state index in [0.717, 1.165) is 16.8 Å². The maximum absolute atomic E-state index is 8.84. The molecule has 0 saturated heterocycles. The highest BCUT2D eigenvalue weighted by Gasteiger charge is 2.06. The Morgan fingerprint density at radius 3 is 2.40 bits per heavy atom. The summed E-state index contributed by atoms with van der Waals surface area (Å²) < 4.78 is 0. The molecule has 2 aromatic rings. The molecule has 0 aliphatic heterocycles. The van der Waals surface area contributed by atoms with Crippen molar-refractivity contribution in [2.75, 3.05) is 5.32 Å². The van der Waals surface area contributed by atoms with E-state index in [1.807, 2.05) is 19.1 Å². The Hall–Kier alpha value is -1.40. The summed E-state index contributed by atoms with van der Waals surface area (Å²) in [7, 11) is 0. The van der Waals surface area contributed by atoms with Gasteiger partial charge in [0.2, 0.25) is 0 Å². The lowest BCUT2D eigenvalue weighted by molar-refractivity contribution is 1.12. The molecular formula is C15H11Cl3N2. The second-order valence-electron chi connectivity index (χ2n) is 4.35. The molecule has 0 unspecified atom stereocenters. The second-order valence-corrected chi connectivity index (χ2v) is 5.57. The van der Waals surface area contributed by atoms with E-state index in [-0.39, 0.29) is 0 Å². The minimum Gasteiger partial charge on any atom is -0.380 e. The van der Waals surface area contributed by atoms with Crippen molar-refractivity contribution in [1.29, 1.82) is 5.26 Å². The summed E-state index contributed by atoms with van der Waals surface area (Å²) in [4.78, 5) is 0. The third-order valence-electron chi connectivity index (χ3n) is 2.95. The predicted octanol–water partition coefficient (Wildman–Crippen LogP) is 5.44. The van der Waals surface area contributed by atoms with Crippen LogP contribution in [0.25, 0.3) is 0 Å². The fraction of sp³-hybridized carbons (Fsp3) is 0.133. The first-order valence-corrected chi connectivity index (χ1v) is 7.02. The Bertz CT molecular complexity index is 690. The number of nitrogens with zero attached hydrogens (tertiary/aromatic N) is 1. The van der Waals surface area contributed by atoms with Crippen molar-refractivity contribution in [3.8, 4) is 6.07 Å². The minimum atomic E-state index is 0.428. The van der Waals surface area contributed by atoms with Gasteiger partial charge in [0.25, 0.3) is 0 Å². The highest BCUT2D eigenvalue weighted by molar-refractivity contribution is 6.44. The van der Waals surface area contributed by atoms with Gasteiger partial charge in [0.15, 0.2) is 0 Å². The zero-order chi connectivity index (χ0) is 14.7.